The van der Waals surface area contributed by atoms with Crippen LogP contribution in [0.4, 0.5) is 0 Å². The first-order valence-electron chi connectivity index (χ1n) is 11.9. The van der Waals surface area contributed by atoms with E-state index < -0.39 is 6.04 Å². The lowest BCUT2D eigenvalue weighted by Crippen LogP contribution is -2.44. The van der Waals surface area contributed by atoms with E-state index in [0.29, 0.717) is 5.02 Å². The predicted octanol–water partition coefficient (Wildman–Crippen LogP) is 5.37. The second-order valence-electron chi connectivity index (χ2n) is 8.53. The number of methoxy groups -OCH3 is 1. The van der Waals surface area contributed by atoms with E-state index in [1.807, 2.05) is 84.9 Å². The molecule has 0 radical (unpaired) electrons. The zero-order valence-electron chi connectivity index (χ0n) is 20.5. The normalized spacial score (nSPS) is 11.4. The van der Waals surface area contributed by atoms with Crippen LogP contribution in [0.1, 0.15) is 28.4 Å². The third-order valence-electron chi connectivity index (χ3n) is 5.95. The fraction of sp³-hybridized carbons (Fsp3) is 0.167. The summed E-state index contributed by atoms with van der Waals surface area (Å²) in [6.07, 6.45) is 1.81. The average Bonchev–Trinajstić information content (AvgIpc) is 2.94. The Morgan fingerprint density at radius 1 is 0.892 bits per heavy atom. The van der Waals surface area contributed by atoms with Gasteiger partial charge in [0.15, 0.2) is 0 Å². The van der Waals surface area contributed by atoms with Crippen LogP contribution in [0.2, 0.25) is 5.02 Å². The van der Waals surface area contributed by atoms with Crippen molar-refractivity contribution in [3.05, 3.63) is 131 Å². The smallest absolute Gasteiger partial charge is 0.247 e. The SMILES string of the molecule is COc1ccc(CN(C(=O)Cc2ccc(Cl)cc2)[C@H](C(=O)NCc2ccccn2)c2ccccc2)cc1. The van der Waals surface area contributed by atoms with Crippen molar-refractivity contribution in [1.82, 2.24) is 15.2 Å². The lowest BCUT2D eigenvalue weighted by Gasteiger charge is -2.32. The molecule has 0 aliphatic heterocycles. The Morgan fingerprint density at radius 2 is 1.57 bits per heavy atom. The van der Waals surface area contributed by atoms with E-state index in [1.165, 1.54) is 0 Å². The van der Waals surface area contributed by atoms with E-state index in [-0.39, 0.29) is 31.3 Å². The molecule has 0 spiro atoms. The molecule has 37 heavy (non-hydrogen) atoms. The Hall–Kier alpha value is -4.16. The van der Waals surface area contributed by atoms with Crippen LogP contribution in [0, 0.1) is 0 Å². The highest BCUT2D eigenvalue weighted by Gasteiger charge is 2.31. The van der Waals surface area contributed by atoms with Gasteiger partial charge in [0.25, 0.3) is 0 Å². The summed E-state index contributed by atoms with van der Waals surface area (Å²) >= 11 is 6.04. The molecule has 7 heteroatoms. The van der Waals surface area contributed by atoms with Gasteiger partial charge in [-0.25, -0.2) is 0 Å². The summed E-state index contributed by atoms with van der Waals surface area (Å²) in [6, 6.07) is 28.7. The number of hydrogen-bond acceptors (Lipinski definition) is 4. The van der Waals surface area contributed by atoms with Crippen molar-refractivity contribution in [1.29, 1.82) is 0 Å². The molecule has 4 rings (SSSR count). The molecular weight excluding hydrogens is 486 g/mol. The number of aromatic nitrogens is 1. The first-order valence-corrected chi connectivity index (χ1v) is 12.3. The van der Waals surface area contributed by atoms with E-state index in [1.54, 1.807) is 30.3 Å². The molecule has 4 aromatic rings. The van der Waals surface area contributed by atoms with Crippen molar-refractivity contribution in [2.24, 2.45) is 0 Å². The van der Waals surface area contributed by atoms with Crippen molar-refractivity contribution in [3.63, 3.8) is 0 Å². The highest BCUT2D eigenvalue weighted by atomic mass is 35.5. The maximum Gasteiger partial charge on any atom is 0.247 e. The summed E-state index contributed by atoms with van der Waals surface area (Å²) in [6.45, 7) is 0.498. The maximum absolute atomic E-state index is 13.8. The van der Waals surface area contributed by atoms with Gasteiger partial charge in [-0.05, 0) is 53.1 Å². The zero-order chi connectivity index (χ0) is 26.0. The van der Waals surface area contributed by atoms with Gasteiger partial charge in [0.1, 0.15) is 11.8 Å². The summed E-state index contributed by atoms with van der Waals surface area (Å²) in [4.78, 5) is 33.4. The third-order valence-corrected chi connectivity index (χ3v) is 6.20. The minimum Gasteiger partial charge on any atom is -0.497 e. The summed E-state index contributed by atoms with van der Waals surface area (Å²) in [5, 5.41) is 3.57. The van der Waals surface area contributed by atoms with Gasteiger partial charge in [-0.3, -0.25) is 14.6 Å². The van der Waals surface area contributed by atoms with E-state index in [4.69, 9.17) is 16.3 Å². The standard InChI is InChI=1S/C30H28ClN3O3/c1-37-27-16-12-23(13-17-27)21-34(28(35)19-22-10-14-25(31)15-11-22)29(24-7-3-2-4-8-24)30(36)33-20-26-9-5-6-18-32-26/h2-18,29H,19-21H2,1H3,(H,33,36)/t29-/m0/s1. The molecule has 6 nitrogen and oxygen atoms in total. The molecule has 0 saturated heterocycles. The fourth-order valence-corrected chi connectivity index (χ4v) is 4.14. The Morgan fingerprint density at radius 3 is 2.22 bits per heavy atom. The first-order chi connectivity index (χ1) is 18.0. The minimum atomic E-state index is -0.841. The molecule has 2 amide bonds. The molecule has 3 aromatic carbocycles. The zero-order valence-corrected chi connectivity index (χ0v) is 21.3. The minimum absolute atomic E-state index is 0.129. The Bertz CT molecular complexity index is 1300. The number of hydrogen-bond donors (Lipinski definition) is 1. The summed E-state index contributed by atoms with van der Waals surface area (Å²) in [7, 11) is 1.61. The topological polar surface area (TPSA) is 71.5 Å². The fourth-order valence-electron chi connectivity index (χ4n) is 4.01. The molecule has 1 heterocycles. The second-order valence-corrected chi connectivity index (χ2v) is 8.96. The lowest BCUT2D eigenvalue weighted by atomic mass is 10.0. The Kier molecular flexibility index (Phi) is 8.89. The van der Waals surface area contributed by atoms with Crippen molar-refractivity contribution in [2.45, 2.75) is 25.6 Å². The van der Waals surface area contributed by atoms with Crippen LogP contribution >= 0.6 is 11.6 Å². The molecule has 0 aliphatic rings. The number of pyridine rings is 1. The number of carbonyl (C=O) groups is 2. The molecule has 0 aliphatic carbocycles. The third kappa shape index (κ3) is 7.18. The van der Waals surface area contributed by atoms with Gasteiger partial charge >= 0.3 is 0 Å². The Labute approximate surface area is 221 Å². The lowest BCUT2D eigenvalue weighted by molar-refractivity contribution is -0.141. The molecular formula is C30H28ClN3O3. The molecule has 0 bridgehead atoms. The molecule has 1 N–H and O–H groups in total. The van der Waals surface area contributed by atoms with Crippen LogP contribution in [0.15, 0.2) is 103 Å². The van der Waals surface area contributed by atoms with Gasteiger partial charge in [0.2, 0.25) is 11.8 Å². The highest BCUT2D eigenvalue weighted by molar-refractivity contribution is 6.30. The van der Waals surface area contributed by atoms with Gasteiger partial charge in [-0.2, -0.15) is 0 Å². The van der Waals surface area contributed by atoms with Crippen LogP contribution < -0.4 is 10.1 Å². The van der Waals surface area contributed by atoms with Crippen LogP contribution in [-0.4, -0.2) is 28.8 Å². The van der Waals surface area contributed by atoms with Crippen molar-refractivity contribution in [3.8, 4) is 5.75 Å². The molecule has 0 saturated carbocycles. The second kappa shape index (κ2) is 12.7. The van der Waals surface area contributed by atoms with Gasteiger partial charge in [-0.15, -0.1) is 0 Å². The number of ether oxygens (including phenoxy) is 1. The largest absolute Gasteiger partial charge is 0.497 e. The van der Waals surface area contributed by atoms with Crippen molar-refractivity contribution >= 4 is 23.4 Å². The number of carbonyl (C=O) groups excluding carboxylic acids is 2. The molecule has 0 fully saturated rings. The van der Waals surface area contributed by atoms with E-state index in [0.717, 1.165) is 28.1 Å². The summed E-state index contributed by atoms with van der Waals surface area (Å²) in [5.41, 5.74) is 3.15. The quantitative estimate of drug-likeness (QED) is 0.309. The van der Waals surface area contributed by atoms with Gasteiger partial charge < -0.3 is 15.0 Å². The molecule has 0 unspecified atom stereocenters. The van der Waals surface area contributed by atoms with Crippen LogP contribution in [0.25, 0.3) is 0 Å². The molecule has 188 valence electrons. The van der Waals surface area contributed by atoms with Gasteiger partial charge in [-0.1, -0.05) is 72.3 Å². The van der Waals surface area contributed by atoms with E-state index in [9.17, 15) is 9.59 Å². The number of halogens is 1. The van der Waals surface area contributed by atoms with E-state index >= 15 is 0 Å². The molecule has 1 aromatic heterocycles. The summed E-state index contributed by atoms with van der Waals surface area (Å²) < 4.78 is 5.28. The Balaban J connectivity index is 1.67. The van der Waals surface area contributed by atoms with Crippen molar-refractivity contribution < 1.29 is 14.3 Å². The monoisotopic (exact) mass is 513 g/mol. The van der Waals surface area contributed by atoms with Crippen molar-refractivity contribution in [2.75, 3.05) is 7.11 Å². The predicted molar refractivity (Wildman–Crippen MR) is 144 cm³/mol. The number of nitrogens with zero attached hydrogens (tertiary/aromatic N) is 2. The van der Waals surface area contributed by atoms with Crippen LogP contribution in [0.3, 0.4) is 0 Å². The maximum atomic E-state index is 13.8. The van der Waals surface area contributed by atoms with Gasteiger partial charge in [0, 0.05) is 17.8 Å². The van der Waals surface area contributed by atoms with Crippen LogP contribution in [-0.2, 0) is 29.1 Å². The van der Waals surface area contributed by atoms with Gasteiger partial charge in [0.05, 0.1) is 25.8 Å². The summed E-state index contributed by atoms with van der Waals surface area (Å²) in [5.74, 6) is 0.255. The average molecular weight is 514 g/mol. The number of nitrogens with one attached hydrogen (secondary N) is 1. The number of rotatable bonds is 10. The van der Waals surface area contributed by atoms with E-state index in [2.05, 4.69) is 10.3 Å². The first kappa shape index (κ1) is 25.9. The highest BCUT2D eigenvalue weighted by Crippen LogP contribution is 2.26. The van der Waals surface area contributed by atoms with Crippen LogP contribution in [0.5, 0.6) is 5.75 Å². The molecule has 1 atom stereocenters. The number of amides is 2. The number of benzene rings is 3.